The highest BCUT2D eigenvalue weighted by Gasteiger charge is 2.37. The van der Waals surface area contributed by atoms with Gasteiger partial charge in [-0.2, -0.15) is 4.98 Å². The number of rotatable bonds is 5. The van der Waals surface area contributed by atoms with Crippen molar-refractivity contribution in [2.45, 2.75) is 57.0 Å². The molecule has 2 fully saturated rings. The molecule has 0 bridgehead atoms. The molecule has 0 radical (unpaired) electrons. The summed E-state index contributed by atoms with van der Waals surface area (Å²) in [6.45, 7) is 1.49. The van der Waals surface area contributed by atoms with Gasteiger partial charge in [0.15, 0.2) is 0 Å². The average Bonchev–Trinajstić information content (AvgIpc) is 3.29. The minimum atomic E-state index is -4.73. The zero-order chi connectivity index (χ0) is 20.4. The second-order valence-electron chi connectivity index (χ2n) is 7.89. The van der Waals surface area contributed by atoms with Gasteiger partial charge in [0.2, 0.25) is 11.7 Å². The Morgan fingerprint density at radius 1 is 1.14 bits per heavy atom. The van der Waals surface area contributed by atoms with Gasteiger partial charge in [-0.25, -0.2) is 0 Å². The molecule has 4 rings (SSSR count). The van der Waals surface area contributed by atoms with Crippen LogP contribution >= 0.6 is 0 Å². The smallest absolute Gasteiger partial charge is 0.406 e. The van der Waals surface area contributed by atoms with Crippen molar-refractivity contribution in [3.05, 3.63) is 30.2 Å². The van der Waals surface area contributed by atoms with E-state index in [-0.39, 0.29) is 11.8 Å². The Balaban J connectivity index is 1.45. The van der Waals surface area contributed by atoms with Crippen LogP contribution in [0.25, 0.3) is 11.4 Å². The van der Waals surface area contributed by atoms with E-state index in [4.69, 9.17) is 4.52 Å². The van der Waals surface area contributed by atoms with E-state index in [9.17, 15) is 18.3 Å². The first kappa shape index (κ1) is 20.2. The van der Waals surface area contributed by atoms with E-state index in [1.54, 1.807) is 0 Å². The predicted molar refractivity (Wildman–Crippen MR) is 97.9 cm³/mol. The number of likely N-dealkylation sites (tertiary alicyclic amines) is 1. The summed E-state index contributed by atoms with van der Waals surface area (Å²) in [5, 5.41) is 14.2. The van der Waals surface area contributed by atoms with Gasteiger partial charge in [-0.15, -0.1) is 13.2 Å². The Morgan fingerprint density at radius 3 is 2.55 bits per heavy atom. The molecule has 1 aliphatic heterocycles. The van der Waals surface area contributed by atoms with Crippen LogP contribution in [0.1, 0.15) is 50.5 Å². The molecule has 1 N–H and O–H groups in total. The van der Waals surface area contributed by atoms with Gasteiger partial charge in [-0.1, -0.05) is 24.4 Å². The molecule has 1 saturated heterocycles. The number of hydrogen-bond donors (Lipinski definition) is 1. The van der Waals surface area contributed by atoms with Crippen molar-refractivity contribution in [2.75, 3.05) is 13.1 Å². The van der Waals surface area contributed by atoms with Crippen molar-refractivity contribution in [1.29, 1.82) is 0 Å². The molecular weight excluding hydrogens is 387 g/mol. The van der Waals surface area contributed by atoms with Gasteiger partial charge in [-0.3, -0.25) is 4.90 Å². The summed E-state index contributed by atoms with van der Waals surface area (Å²) >= 11 is 0. The number of aromatic nitrogens is 2. The lowest BCUT2D eigenvalue weighted by Crippen LogP contribution is -2.31. The van der Waals surface area contributed by atoms with Crippen LogP contribution in [0.4, 0.5) is 13.2 Å². The molecule has 0 amide bonds. The van der Waals surface area contributed by atoms with Crippen LogP contribution in [0.3, 0.4) is 0 Å². The quantitative estimate of drug-likeness (QED) is 0.790. The van der Waals surface area contributed by atoms with E-state index in [0.717, 1.165) is 6.54 Å². The molecule has 2 aromatic rings. The molecule has 0 spiro atoms. The van der Waals surface area contributed by atoms with E-state index in [1.165, 1.54) is 56.4 Å². The summed E-state index contributed by atoms with van der Waals surface area (Å²) in [4.78, 5) is 6.67. The third-order valence-electron chi connectivity index (χ3n) is 5.67. The zero-order valence-electron chi connectivity index (χ0n) is 15.9. The van der Waals surface area contributed by atoms with E-state index in [1.807, 2.05) is 0 Å². The van der Waals surface area contributed by atoms with Gasteiger partial charge in [0.1, 0.15) is 5.75 Å². The molecule has 2 unspecified atom stereocenters. The van der Waals surface area contributed by atoms with Gasteiger partial charge >= 0.3 is 6.36 Å². The number of ether oxygens (including phenoxy) is 1. The molecule has 2 heterocycles. The van der Waals surface area contributed by atoms with Crippen LogP contribution in [-0.2, 0) is 0 Å². The molecule has 158 valence electrons. The summed E-state index contributed by atoms with van der Waals surface area (Å²) in [6, 6.07) is 5.21. The van der Waals surface area contributed by atoms with E-state index in [2.05, 4.69) is 19.8 Å². The zero-order valence-corrected chi connectivity index (χ0v) is 15.9. The van der Waals surface area contributed by atoms with Crippen molar-refractivity contribution in [3.63, 3.8) is 0 Å². The number of β-amino-alcohol motifs (C(OH)–C–C–N with tert-alkyl or cyclic N) is 1. The number of hydrogen-bond acceptors (Lipinski definition) is 6. The highest BCUT2D eigenvalue weighted by Crippen LogP contribution is 2.35. The van der Waals surface area contributed by atoms with E-state index in [0.29, 0.717) is 36.2 Å². The number of nitrogens with zero attached hydrogens (tertiary/aromatic N) is 3. The van der Waals surface area contributed by atoms with Gasteiger partial charge in [0.25, 0.3) is 0 Å². The van der Waals surface area contributed by atoms with Crippen molar-refractivity contribution >= 4 is 0 Å². The highest BCUT2D eigenvalue weighted by atomic mass is 19.4. The molecule has 1 aromatic heterocycles. The third-order valence-corrected chi connectivity index (χ3v) is 5.67. The molecule has 1 saturated carbocycles. The fourth-order valence-corrected chi connectivity index (χ4v) is 4.33. The Bertz CT molecular complexity index is 803. The molecule has 1 aromatic carbocycles. The summed E-state index contributed by atoms with van der Waals surface area (Å²) < 4.78 is 46.2. The van der Waals surface area contributed by atoms with Crippen LogP contribution < -0.4 is 4.74 Å². The van der Waals surface area contributed by atoms with Crippen LogP contribution in [0.2, 0.25) is 0 Å². The molecular formula is C20H24F3N3O3. The predicted octanol–water partition coefficient (Wildman–Crippen LogP) is 4.32. The first-order valence-corrected chi connectivity index (χ1v) is 9.99. The molecule has 1 aliphatic carbocycles. The molecule has 2 aliphatic rings. The topological polar surface area (TPSA) is 71.6 Å². The van der Waals surface area contributed by atoms with Crippen LogP contribution in [0, 0.1) is 5.92 Å². The maximum atomic E-state index is 12.3. The fourth-order valence-electron chi connectivity index (χ4n) is 4.33. The largest absolute Gasteiger partial charge is 0.573 e. The first-order chi connectivity index (χ1) is 13.9. The Hall–Kier alpha value is -2.13. The average molecular weight is 411 g/mol. The second kappa shape index (κ2) is 8.31. The summed E-state index contributed by atoms with van der Waals surface area (Å²) in [5.74, 6) is 1.06. The van der Waals surface area contributed by atoms with Crippen molar-refractivity contribution in [2.24, 2.45) is 5.92 Å². The van der Waals surface area contributed by atoms with Crippen LogP contribution in [0.5, 0.6) is 5.75 Å². The van der Waals surface area contributed by atoms with Gasteiger partial charge in [0, 0.05) is 18.7 Å². The Kier molecular flexibility index (Phi) is 5.78. The lowest BCUT2D eigenvalue weighted by molar-refractivity contribution is -0.274. The maximum Gasteiger partial charge on any atom is 0.573 e. The molecule has 9 heteroatoms. The molecule has 29 heavy (non-hydrogen) atoms. The van der Waals surface area contributed by atoms with Gasteiger partial charge < -0.3 is 14.4 Å². The van der Waals surface area contributed by atoms with Gasteiger partial charge in [-0.05, 0) is 49.4 Å². The maximum absolute atomic E-state index is 12.3. The van der Waals surface area contributed by atoms with Gasteiger partial charge in [0.05, 0.1) is 12.1 Å². The number of benzene rings is 1. The Morgan fingerprint density at radius 2 is 1.86 bits per heavy atom. The number of alkyl halides is 3. The lowest BCUT2D eigenvalue weighted by atomic mass is 9.89. The molecule has 2 atom stereocenters. The second-order valence-corrected chi connectivity index (χ2v) is 7.89. The Labute approximate surface area is 166 Å². The SMILES string of the molecule is OC1CC(c2nc(-c3ccc(OC(F)(F)F)cc3)no2)N(CC2CCCCC2)C1. The fraction of sp³-hybridized carbons (Fsp3) is 0.600. The summed E-state index contributed by atoms with van der Waals surface area (Å²) in [6.07, 6.45) is 1.59. The van der Waals surface area contributed by atoms with Crippen LogP contribution in [0.15, 0.2) is 28.8 Å². The highest BCUT2D eigenvalue weighted by molar-refractivity contribution is 5.55. The minimum Gasteiger partial charge on any atom is -0.406 e. The third kappa shape index (κ3) is 5.08. The minimum absolute atomic E-state index is 0.138. The van der Waals surface area contributed by atoms with Crippen molar-refractivity contribution in [3.8, 4) is 17.1 Å². The van der Waals surface area contributed by atoms with Crippen molar-refractivity contribution < 1.29 is 27.5 Å². The first-order valence-electron chi connectivity index (χ1n) is 9.99. The van der Waals surface area contributed by atoms with Crippen LogP contribution in [-0.4, -0.2) is 45.7 Å². The normalized spacial score (nSPS) is 24.1. The standard InChI is InChI=1S/C20H24F3N3O3/c21-20(22,23)28-16-8-6-14(7-9-16)18-24-19(29-25-18)17-10-15(27)12-26(17)11-13-4-2-1-3-5-13/h6-9,13,15,17,27H,1-5,10-12H2. The van der Waals surface area contributed by atoms with Crippen molar-refractivity contribution in [1.82, 2.24) is 15.0 Å². The summed E-state index contributed by atoms with van der Waals surface area (Å²) in [7, 11) is 0. The number of halogens is 3. The molecule has 6 nitrogen and oxygen atoms in total. The lowest BCUT2D eigenvalue weighted by Gasteiger charge is -2.29. The van der Waals surface area contributed by atoms with E-state index >= 15 is 0 Å². The number of aliphatic hydroxyl groups excluding tert-OH is 1. The summed E-state index contributed by atoms with van der Waals surface area (Å²) in [5.41, 5.74) is 0.534. The van der Waals surface area contributed by atoms with E-state index < -0.39 is 12.5 Å². The monoisotopic (exact) mass is 411 g/mol. The number of aliphatic hydroxyl groups is 1.